The van der Waals surface area contributed by atoms with Crippen molar-refractivity contribution in [1.29, 1.82) is 0 Å². The van der Waals surface area contributed by atoms with E-state index in [0.29, 0.717) is 0 Å². The maximum absolute atomic E-state index is 11.9. The number of rotatable bonds is 4. The molecule has 0 aliphatic carbocycles. The van der Waals surface area contributed by atoms with Crippen molar-refractivity contribution in [3.8, 4) is 5.75 Å². The Morgan fingerprint density at radius 2 is 2.21 bits per heavy atom. The van der Waals surface area contributed by atoms with Gasteiger partial charge in [-0.3, -0.25) is 15.1 Å². The van der Waals surface area contributed by atoms with Crippen molar-refractivity contribution in [2.75, 3.05) is 19.6 Å². The van der Waals surface area contributed by atoms with E-state index in [0.717, 1.165) is 31.8 Å². The molecular weight excluding hydrogens is 242 g/mol. The van der Waals surface area contributed by atoms with Gasteiger partial charge >= 0.3 is 0 Å². The van der Waals surface area contributed by atoms with Gasteiger partial charge in [0.1, 0.15) is 5.75 Å². The summed E-state index contributed by atoms with van der Waals surface area (Å²) in [6, 6.07) is 6.48. The van der Waals surface area contributed by atoms with Gasteiger partial charge < -0.3 is 10.5 Å². The minimum Gasteiger partial charge on any atom is -0.507 e. The number of carbonyl (C=O) groups is 1. The number of phenolic OH excluding ortho intramolecular Hbond substituents is 1. The molecule has 0 fully saturated rings. The van der Waals surface area contributed by atoms with Gasteiger partial charge in [0.2, 0.25) is 0 Å². The molecule has 1 aliphatic rings. The lowest BCUT2D eigenvalue weighted by atomic mass is 10.2. The number of nitrogens with one attached hydrogen (secondary N) is 2. The smallest absolute Gasteiger partial charge is 0.273 e. The van der Waals surface area contributed by atoms with Crippen LogP contribution in [-0.2, 0) is 0 Å². The number of benzene rings is 1. The summed E-state index contributed by atoms with van der Waals surface area (Å²) in [5, 5.41) is 9.57. The Morgan fingerprint density at radius 3 is 2.84 bits per heavy atom. The molecule has 3 N–H and O–H groups in total. The molecule has 0 spiro atoms. The molecule has 1 aromatic carbocycles. The molecule has 0 bridgehead atoms. The van der Waals surface area contributed by atoms with Gasteiger partial charge in [-0.2, -0.15) is 0 Å². The number of hydrogen-bond acceptors (Lipinski definition) is 4. The molecule has 1 aliphatic heterocycles. The van der Waals surface area contributed by atoms with E-state index in [1.165, 1.54) is 6.07 Å². The van der Waals surface area contributed by atoms with Crippen molar-refractivity contribution in [2.45, 2.75) is 13.3 Å². The van der Waals surface area contributed by atoms with Crippen LogP contribution in [0.5, 0.6) is 5.75 Å². The maximum Gasteiger partial charge on any atom is 0.273 e. The maximum atomic E-state index is 11.9. The summed E-state index contributed by atoms with van der Waals surface area (Å²) in [6.45, 7) is 5.05. The van der Waals surface area contributed by atoms with Crippen molar-refractivity contribution in [2.24, 2.45) is 0 Å². The van der Waals surface area contributed by atoms with Crippen molar-refractivity contribution >= 4 is 5.91 Å². The van der Waals surface area contributed by atoms with Gasteiger partial charge in [-0.25, -0.2) is 0 Å². The lowest BCUT2D eigenvalue weighted by molar-refractivity contribution is 0.0934. The number of likely N-dealkylation sites (N-methyl/N-ethyl adjacent to an activating group) is 1. The molecule has 5 nitrogen and oxygen atoms in total. The van der Waals surface area contributed by atoms with E-state index in [4.69, 9.17) is 0 Å². The molecule has 0 radical (unpaired) electrons. The Hall–Kier alpha value is -2.01. The summed E-state index contributed by atoms with van der Waals surface area (Å²) in [6.07, 6.45) is 2.95. The average molecular weight is 261 g/mol. The van der Waals surface area contributed by atoms with E-state index in [-0.39, 0.29) is 17.2 Å². The second-order valence-electron chi connectivity index (χ2n) is 4.47. The Morgan fingerprint density at radius 1 is 1.42 bits per heavy atom. The standard InChI is InChI=1S/C14H19N3O2/c1-2-17-9-7-11(8-10-17)15-16-14(19)12-5-3-4-6-13(12)18/h3-7,15,18H,2,8-10H2,1H3,(H,16,19). The number of para-hydroxylation sites is 1. The first-order chi connectivity index (χ1) is 9.20. The highest BCUT2D eigenvalue weighted by Crippen LogP contribution is 2.15. The van der Waals surface area contributed by atoms with Gasteiger partial charge in [-0.1, -0.05) is 19.1 Å². The number of hydrogen-bond donors (Lipinski definition) is 3. The van der Waals surface area contributed by atoms with Crippen LogP contribution >= 0.6 is 0 Å². The molecule has 0 saturated heterocycles. The molecule has 0 saturated carbocycles. The van der Waals surface area contributed by atoms with Crippen molar-refractivity contribution < 1.29 is 9.90 Å². The zero-order valence-electron chi connectivity index (χ0n) is 11.0. The summed E-state index contributed by atoms with van der Waals surface area (Å²) < 4.78 is 0. The Kier molecular flexibility index (Phi) is 4.41. The van der Waals surface area contributed by atoms with E-state index in [2.05, 4.69) is 28.8 Å². The highest BCUT2D eigenvalue weighted by molar-refractivity contribution is 5.96. The van der Waals surface area contributed by atoms with E-state index in [1.807, 2.05) is 0 Å². The first kappa shape index (κ1) is 13.4. The van der Waals surface area contributed by atoms with E-state index >= 15 is 0 Å². The molecule has 1 aromatic rings. The Bertz CT molecular complexity index is 485. The van der Waals surface area contributed by atoms with Gasteiger partial charge in [-0.15, -0.1) is 0 Å². The van der Waals surface area contributed by atoms with E-state index < -0.39 is 0 Å². The van der Waals surface area contributed by atoms with Crippen LogP contribution in [0, 0.1) is 0 Å². The molecule has 0 aromatic heterocycles. The summed E-state index contributed by atoms with van der Waals surface area (Å²) in [5.41, 5.74) is 6.80. The molecule has 2 rings (SSSR count). The normalized spacial score (nSPS) is 15.7. The second-order valence-corrected chi connectivity index (χ2v) is 4.47. The predicted molar refractivity (Wildman–Crippen MR) is 73.5 cm³/mol. The zero-order valence-corrected chi connectivity index (χ0v) is 11.0. The molecule has 102 valence electrons. The van der Waals surface area contributed by atoms with Gasteiger partial charge in [0.05, 0.1) is 5.56 Å². The van der Waals surface area contributed by atoms with Crippen molar-refractivity contribution in [3.05, 3.63) is 41.6 Å². The molecule has 0 atom stereocenters. The van der Waals surface area contributed by atoms with E-state index in [1.54, 1.807) is 18.2 Å². The van der Waals surface area contributed by atoms with Crippen LogP contribution < -0.4 is 10.9 Å². The zero-order chi connectivity index (χ0) is 13.7. The third kappa shape index (κ3) is 3.48. The quantitative estimate of drug-likeness (QED) is 0.713. The SMILES string of the molecule is CCN1CC=C(NNC(=O)c2ccccc2O)CC1. The summed E-state index contributed by atoms with van der Waals surface area (Å²) in [5.74, 6) is -0.353. The number of carbonyl (C=O) groups excluding carboxylic acids is 1. The van der Waals surface area contributed by atoms with Gasteiger partial charge in [-0.05, 0) is 24.8 Å². The van der Waals surface area contributed by atoms with Crippen LogP contribution in [0.15, 0.2) is 36.0 Å². The fourth-order valence-corrected chi connectivity index (χ4v) is 1.98. The number of aromatic hydroxyl groups is 1. The van der Waals surface area contributed by atoms with Crippen LogP contribution in [-0.4, -0.2) is 35.5 Å². The van der Waals surface area contributed by atoms with Crippen LogP contribution in [0.3, 0.4) is 0 Å². The van der Waals surface area contributed by atoms with Gasteiger partial charge in [0, 0.05) is 25.2 Å². The number of hydrazine groups is 1. The number of phenols is 1. The summed E-state index contributed by atoms with van der Waals surface area (Å²) in [4.78, 5) is 14.2. The highest BCUT2D eigenvalue weighted by atomic mass is 16.3. The first-order valence-corrected chi connectivity index (χ1v) is 6.46. The van der Waals surface area contributed by atoms with Gasteiger partial charge in [0.15, 0.2) is 0 Å². The topological polar surface area (TPSA) is 64.6 Å². The fraction of sp³-hybridized carbons (Fsp3) is 0.357. The predicted octanol–water partition coefficient (Wildman–Crippen LogP) is 1.24. The third-order valence-electron chi connectivity index (χ3n) is 3.23. The monoisotopic (exact) mass is 261 g/mol. The van der Waals surface area contributed by atoms with Crippen LogP contribution in [0.2, 0.25) is 0 Å². The molecule has 0 unspecified atom stereocenters. The minimum absolute atomic E-state index is 0.0171. The number of nitrogens with zero attached hydrogens (tertiary/aromatic N) is 1. The Labute approximate surface area is 112 Å². The van der Waals surface area contributed by atoms with Crippen molar-refractivity contribution in [1.82, 2.24) is 15.8 Å². The number of amides is 1. The minimum atomic E-state index is -0.336. The fourth-order valence-electron chi connectivity index (χ4n) is 1.98. The Balaban J connectivity index is 1.88. The molecule has 1 heterocycles. The van der Waals surface area contributed by atoms with E-state index in [9.17, 15) is 9.90 Å². The average Bonchev–Trinajstić information content (AvgIpc) is 2.46. The molecule has 19 heavy (non-hydrogen) atoms. The molecule has 1 amide bonds. The second kappa shape index (κ2) is 6.24. The highest BCUT2D eigenvalue weighted by Gasteiger charge is 2.12. The summed E-state index contributed by atoms with van der Waals surface area (Å²) in [7, 11) is 0. The first-order valence-electron chi connectivity index (χ1n) is 6.46. The summed E-state index contributed by atoms with van der Waals surface area (Å²) >= 11 is 0. The van der Waals surface area contributed by atoms with Crippen LogP contribution in [0.25, 0.3) is 0 Å². The lowest BCUT2D eigenvalue weighted by Gasteiger charge is -2.25. The largest absolute Gasteiger partial charge is 0.507 e. The third-order valence-corrected chi connectivity index (χ3v) is 3.23. The van der Waals surface area contributed by atoms with Crippen LogP contribution in [0.4, 0.5) is 0 Å². The van der Waals surface area contributed by atoms with Gasteiger partial charge in [0.25, 0.3) is 5.91 Å². The molecular formula is C14H19N3O2. The molecule has 5 heteroatoms. The lowest BCUT2D eigenvalue weighted by Crippen LogP contribution is -2.40. The van der Waals surface area contributed by atoms with Crippen molar-refractivity contribution in [3.63, 3.8) is 0 Å². The van der Waals surface area contributed by atoms with Crippen LogP contribution in [0.1, 0.15) is 23.7 Å².